The lowest BCUT2D eigenvalue weighted by atomic mass is 10.1. The maximum absolute atomic E-state index is 5.32. The maximum Gasteiger partial charge on any atom is 0.231 e. The number of nitrogens with one attached hydrogen (secondary N) is 2. The number of fused-ring (bicyclic) bond motifs is 1. The van der Waals surface area contributed by atoms with E-state index >= 15 is 0 Å². The van der Waals surface area contributed by atoms with Crippen molar-refractivity contribution in [2.45, 2.75) is 33.9 Å². The van der Waals surface area contributed by atoms with Gasteiger partial charge in [-0.05, 0) is 36.2 Å². The molecule has 24 heavy (non-hydrogen) atoms. The first-order chi connectivity index (χ1) is 11.5. The normalized spacial score (nSPS) is 13.1. The molecule has 0 bridgehead atoms. The average Bonchev–Trinajstić information content (AvgIpc) is 2.96. The van der Waals surface area contributed by atoms with Gasteiger partial charge in [-0.15, -0.1) is 0 Å². The van der Waals surface area contributed by atoms with Crippen molar-refractivity contribution in [3.63, 3.8) is 0 Å². The van der Waals surface area contributed by atoms with Crippen LogP contribution in [0, 0.1) is 12.8 Å². The first kappa shape index (κ1) is 16.6. The number of aryl methyl sites for hydroxylation is 1. The average molecular weight is 341 g/mol. The van der Waals surface area contributed by atoms with Crippen molar-refractivity contribution in [1.29, 1.82) is 0 Å². The van der Waals surface area contributed by atoms with E-state index in [-0.39, 0.29) is 0 Å². The van der Waals surface area contributed by atoms with Crippen LogP contribution in [0.15, 0.2) is 30.3 Å². The second-order valence-electron chi connectivity index (χ2n) is 6.54. The lowest BCUT2D eigenvalue weighted by molar-refractivity contribution is 0.627. The lowest BCUT2D eigenvalue weighted by Crippen LogP contribution is -2.32. The second-order valence-corrected chi connectivity index (χ2v) is 6.95. The predicted octanol–water partition coefficient (Wildman–Crippen LogP) is 3.25. The van der Waals surface area contributed by atoms with Crippen molar-refractivity contribution in [2.24, 2.45) is 5.92 Å². The molecule has 0 spiro atoms. The van der Waals surface area contributed by atoms with E-state index in [1.54, 1.807) is 0 Å². The zero-order valence-corrected chi connectivity index (χ0v) is 15.2. The van der Waals surface area contributed by atoms with Crippen LogP contribution in [0.3, 0.4) is 0 Å². The van der Waals surface area contributed by atoms with Crippen LogP contribution in [0.2, 0.25) is 0 Å². The van der Waals surface area contributed by atoms with Crippen LogP contribution < -0.4 is 15.5 Å². The summed E-state index contributed by atoms with van der Waals surface area (Å²) in [6.07, 6.45) is 0. The van der Waals surface area contributed by atoms with E-state index in [1.165, 1.54) is 11.1 Å². The van der Waals surface area contributed by atoms with Crippen LogP contribution in [0.4, 0.5) is 11.8 Å². The highest BCUT2D eigenvalue weighted by Gasteiger charge is 2.20. The highest BCUT2D eigenvalue weighted by atomic mass is 32.1. The highest BCUT2D eigenvalue weighted by Crippen LogP contribution is 2.27. The summed E-state index contributed by atoms with van der Waals surface area (Å²) >= 11 is 5.32. The third kappa shape index (κ3) is 4.00. The zero-order chi connectivity index (χ0) is 17.1. The van der Waals surface area contributed by atoms with Gasteiger partial charge in [-0.1, -0.05) is 38.1 Å². The van der Waals surface area contributed by atoms with Crippen LogP contribution in [-0.2, 0) is 13.1 Å². The van der Waals surface area contributed by atoms with Crippen LogP contribution in [0.1, 0.15) is 30.7 Å². The number of nitrogens with zero attached hydrogens (tertiary/aromatic N) is 3. The standard InChI is InChI=1S/C18H23N5S/c1-12(2)9-19-18(24)22-17-20-13(3)8-16(21-17)23-10-14-6-4-5-7-15(14)11-23/h4-8,12H,9-11H2,1-3H3,(H2,19,20,21,22,24). The van der Waals surface area contributed by atoms with Gasteiger partial charge in [0.2, 0.25) is 5.95 Å². The van der Waals surface area contributed by atoms with Crippen LogP contribution >= 0.6 is 12.2 Å². The van der Waals surface area contributed by atoms with Gasteiger partial charge >= 0.3 is 0 Å². The molecule has 1 aliphatic heterocycles. The number of aromatic nitrogens is 2. The van der Waals surface area contributed by atoms with Gasteiger partial charge in [0.15, 0.2) is 5.11 Å². The summed E-state index contributed by atoms with van der Waals surface area (Å²) in [4.78, 5) is 11.3. The van der Waals surface area contributed by atoms with Gasteiger partial charge < -0.3 is 15.5 Å². The summed E-state index contributed by atoms with van der Waals surface area (Å²) < 4.78 is 0. The van der Waals surface area contributed by atoms with Gasteiger partial charge in [0.05, 0.1) is 0 Å². The summed E-state index contributed by atoms with van der Waals surface area (Å²) in [6, 6.07) is 10.5. The molecule has 0 saturated carbocycles. The molecule has 0 aliphatic carbocycles. The van der Waals surface area contributed by atoms with E-state index in [1.807, 2.05) is 13.0 Å². The number of rotatable bonds is 4. The van der Waals surface area contributed by atoms with E-state index in [4.69, 9.17) is 12.2 Å². The quantitative estimate of drug-likeness (QED) is 0.833. The van der Waals surface area contributed by atoms with Crippen molar-refractivity contribution in [1.82, 2.24) is 15.3 Å². The maximum atomic E-state index is 5.32. The van der Waals surface area contributed by atoms with Gasteiger partial charge in [-0.2, -0.15) is 4.98 Å². The monoisotopic (exact) mass is 341 g/mol. The Balaban J connectivity index is 1.72. The molecule has 0 amide bonds. The van der Waals surface area contributed by atoms with E-state index in [0.29, 0.717) is 17.0 Å². The molecule has 1 aromatic carbocycles. The van der Waals surface area contributed by atoms with Crippen LogP contribution in [0.5, 0.6) is 0 Å². The minimum absolute atomic E-state index is 0.529. The summed E-state index contributed by atoms with van der Waals surface area (Å²) in [6.45, 7) is 8.84. The Kier molecular flexibility index (Phi) is 4.94. The molecular formula is C18H23N5S. The smallest absolute Gasteiger partial charge is 0.231 e. The highest BCUT2D eigenvalue weighted by molar-refractivity contribution is 7.80. The number of hydrogen-bond acceptors (Lipinski definition) is 4. The zero-order valence-electron chi connectivity index (χ0n) is 14.3. The molecule has 0 radical (unpaired) electrons. The molecule has 2 aromatic rings. The summed E-state index contributed by atoms with van der Waals surface area (Å²) in [5, 5.41) is 6.83. The SMILES string of the molecule is Cc1cc(N2Cc3ccccc3C2)nc(NC(=S)NCC(C)C)n1. The molecule has 6 heteroatoms. The molecular weight excluding hydrogens is 318 g/mol. The molecule has 0 fully saturated rings. The molecule has 126 valence electrons. The molecule has 0 saturated heterocycles. The molecule has 2 heterocycles. The summed E-state index contributed by atoms with van der Waals surface area (Å²) in [7, 11) is 0. The van der Waals surface area contributed by atoms with E-state index in [0.717, 1.165) is 31.1 Å². The van der Waals surface area contributed by atoms with Crippen molar-refractivity contribution in [3.05, 3.63) is 47.2 Å². The van der Waals surface area contributed by atoms with Crippen LogP contribution in [-0.4, -0.2) is 21.6 Å². The first-order valence-corrected chi connectivity index (χ1v) is 8.64. The fraction of sp³-hybridized carbons (Fsp3) is 0.389. The Bertz CT molecular complexity index is 719. The van der Waals surface area contributed by atoms with E-state index in [2.05, 4.69) is 63.6 Å². The van der Waals surface area contributed by atoms with Gasteiger partial charge in [0.1, 0.15) is 5.82 Å². The molecule has 0 unspecified atom stereocenters. The van der Waals surface area contributed by atoms with E-state index in [9.17, 15) is 0 Å². The fourth-order valence-corrected chi connectivity index (χ4v) is 2.88. The second kappa shape index (κ2) is 7.13. The largest absolute Gasteiger partial charge is 0.362 e. The summed E-state index contributed by atoms with van der Waals surface area (Å²) in [5.41, 5.74) is 3.64. The van der Waals surface area contributed by atoms with Gasteiger partial charge in [0, 0.05) is 31.4 Å². The number of hydrogen-bond donors (Lipinski definition) is 2. The minimum atomic E-state index is 0.529. The first-order valence-electron chi connectivity index (χ1n) is 8.23. The van der Waals surface area contributed by atoms with Crippen LogP contribution in [0.25, 0.3) is 0 Å². The van der Waals surface area contributed by atoms with E-state index < -0.39 is 0 Å². The number of thiocarbonyl (C=S) groups is 1. The van der Waals surface area contributed by atoms with Gasteiger partial charge in [0.25, 0.3) is 0 Å². The third-order valence-corrected chi connectivity index (χ3v) is 4.15. The molecule has 3 rings (SSSR count). The minimum Gasteiger partial charge on any atom is -0.362 e. The van der Waals surface area contributed by atoms with Crippen molar-refractivity contribution >= 4 is 29.1 Å². The lowest BCUT2D eigenvalue weighted by Gasteiger charge is -2.18. The summed E-state index contributed by atoms with van der Waals surface area (Å²) in [5.74, 6) is 2.00. The third-order valence-electron chi connectivity index (χ3n) is 3.90. The Morgan fingerprint density at radius 3 is 2.50 bits per heavy atom. The van der Waals surface area contributed by atoms with Crippen molar-refractivity contribution < 1.29 is 0 Å². The Hall–Kier alpha value is -2.21. The molecule has 1 aliphatic rings. The topological polar surface area (TPSA) is 53.1 Å². The molecule has 1 aromatic heterocycles. The predicted molar refractivity (Wildman–Crippen MR) is 102 cm³/mol. The Labute approximate surface area is 148 Å². The number of benzene rings is 1. The Morgan fingerprint density at radius 1 is 1.21 bits per heavy atom. The molecule has 0 atom stereocenters. The fourth-order valence-electron chi connectivity index (χ4n) is 2.71. The van der Waals surface area contributed by atoms with Gasteiger partial charge in [-0.3, -0.25) is 0 Å². The van der Waals surface area contributed by atoms with Crippen molar-refractivity contribution in [2.75, 3.05) is 16.8 Å². The Morgan fingerprint density at radius 2 is 1.88 bits per heavy atom. The van der Waals surface area contributed by atoms with Gasteiger partial charge in [-0.25, -0.2) is 4.98 Å². The molecule has 2 N–H and O–H groups in total. The van der Waals surface area contributed by atoms with Crippen molar-refractivity contribution in [3.8, 4) is 0 Å². The number of anilines is 2. The molecule has 5 nitrogen and oxygen atoms in total.